The number of hydrogen-bond acceptors (Lipinski definition) is 8. The number of anilines is 2. The summed E-state index contributed by atoms with van der Waals surface area (Å²) in [5, 5.41) is 8.49. The van der Waals surface area contributed by atoms with Gasteiger partial charge in [-0.1, -0.05) is 37.8 Å². The first kappa shape index (κ1) is 40.2. The van der Waals surface area contributed by atoms with Crippen molar-refractivity contribution in [3.05, 3.63) is 87.4 Å². The Morgan fingerprint density at radius 2 is 1.70 bits per heavy atom. The molecule has 1 N–H and O–H groups in total. The number of benzene rings is 3. The maximum absolute atomic E-state index is 15.2. The van der Waals surface area contributed by atoms with Crippen LogP contribution in [0.1, 0.15) is 11.1 Å². The molecule has 0 amide bonds. The molecular formula is C36H40F4IN5O5SSi. The van der Waals surface area contributed by atoms with Crippen LogP contribution in [0.5, 0.6) is 11.5 Å². The molecule has 2 aromatic heterocycles. The number of halogens is 5. The summed E-state index contributed by atoms with van der Waals surface area (Å²) in [5.74, 6) is -0.493. The minimum absolute atomic E-state index is 0.00703. The maximum Gasteiger partial charge on any atom is 0.393 e. The molecular weight excluding hydrogens is 845 g/mol. The Labute approximate surface area is 320 Å². The smallest absolute Gasteiger partial charge is 0.393 e. The Hall–Kier alpha value is -3.94. The summed E-state index contributed by atoms with van der Waals surface area (Å²) in [5.41, 5.74) is 1.08. The van der Waals surface area contributed by atoms with Crippen molar-refractivity contribution in [3.63, 3.8) is 0 Å². The maximum atomic E-state index is 15.2. The van der Waals surface area contributed by atoms with E-state index in [0.717, 1.165) is 18.2 Å². The van der Waals surface area contributed by atoms with Crippen molar-refractivity contribution >= 4 is 63.1 Å². The fraction of sp³-hybridized carbons (Fsp3) is 0.333. The van der Waals surface area contributed by atoms with Crippen LogP contribution in [0.25, 0.3) is 22.2 Å². The molecule has 284 valence electrons. The summed E-state index contributed by atoms with van der Waals surface area (Å²) in [6.45, 7) is 7.25. The van der Waals surface area contributed by atoms with Gasteiger partial charge >= 0.3 is 6.18 Å². The zero-order valence-electron chi connectivity index (χ0n) is 30.0. The van der Waals surface area contributed by atoms with Crippen LogP contribution in [-0.2, 0) is 34.5 Å². The van der Waals surface area contributed by atoms with Crippen molar-refractivity contribution in [1.29, 1.82) is 0 Å². The van der Waals surface area contributed by atoms with Gasteiger partial charge in [-0.15, -0.1) is 0 Å². The van der Waals surface area contributed by atoms with Crippen molar-refractivity contribution in [2.24, 2.45) is 0 Å². The summed E-state index contributed by atoms with van der Waals surface area (Å²) in [6.07, 6.45) is -5.97. The fourth-order valence-electron chi connectivity index (χ4n) is 5.59. The average Bonchev–Trinajstić information content (AvgIpc) is 3.43. The summed E-state index contributed by atoms with van der Waals surface area (Å²) in [7, 11) is -1.25. The molecule has 0 aliphatic rings. The van der Waals surface area contributed by atoms with E-state index in [1.165, 1.54) is 37.7 Å². The minimum atomic E-state index is -4.61. The van der Waals surface area contributed by atoms with E-state index in [9.17, 15) is 21.6 Å². The van der Waals surface area contributed by atoms with Gasteiger partial charge in [-0.3, -0.25) is 4.31 Å². The molecule has 0 saturated heterocycles. The molecule has 0 bridgehead atoms. The molecule has 0 fully saturated rings. The fourth-order valence-corrected chi connectivity index (χ4v) is 8.39. The lowest BCUT2D eigenvalue weighted by atomic mass is 9.99. The molecule has 0 aliphatic heterocycles. The molecule has 0 atom stereocenters. The number of nitrogens with zero attached hydrogens (tertiary/aromatic N) is 4. The molecule has 2 heterocycles. The van der Waals surface area contributed by atoms with E-state index in [2.05, 4.69) is 52.6 Å². The highest BCUT2D eigenvalue weighted by Gasteiger charge is 2.31. The Morgan fingerprint density at radius 3 is 2.34 bits per heavy atom. The van der Waals surface area contributed by atoms with Gasteiger partial charge in [-0.2, -0.15) is 18.3 Å². The predicted octanol–water partition coefficient (Wildman–Crippen LogP) is 8.71. The quantitative estimate of drug-likeness (QED) is 0.0482. The van der Waals surface area contributed by atoms with E-state index in [4.69, 9.17) is 19.2 Å². The monoisotopic (exact) mass is 885 g/mol. The van der Waals surface area contributed by atoms with Crippen molar-refractivity contribution in [3.8, 4) is 22.8 Å². The molecule has 5 aromatic rings. The van der Waals surface area contributed by atoms with E-state index in [0.29, 0.717) is 38.2 Å². The summed E-state index contributed by atoms with van der Waals surface area (Å²) in [6, 6.07) is 17.4. The molecule has 3 aromatic carbocycles. The summed E-state index contributed by atoms with van der Waals surface area (Å²) < 4.78 is 104. The normalized spacial score (nSPS) is 12.3. The number of fused-ring (bicyclic) bond motifs is 1. The topological polar surface area (TPSA) is 108 Å². The molecule has 10 nitrogen and oxygen atoms in total. The Bertz CT molecular complexity index is 2200. The molecule has 0 unspecified atom stereocenters. The van der Waals surface area contributed by atoms with Crippen molar-refractivity contribution < 1.29 is 40.2 Å². The second-order valence-corrected chi connectivity index (χ2v) is 22.1. The molecule has 0 aliphatic carbocycles. The van der Waals surface area contributed by atoms with Gasteiger partial charge in [0.1, 0.15) is 22.0 Å². The van der Waals surface area contributed by atoms with Gasteiger partial charge in [0.25, 0.3) is 10.0 Å². The lowest BCUT2D eigenvalue weighted by Crippen LogP contribution is -2.27. The Kier molecular flexibility index (Phi) is 12.3. The highest BCUT2D eigenvalue weighted by atomic mass is 127. The predicted molar refractivity (Wildman–Crippen MR) is 208 cm³/mol. The van der Waals surface area contributed by atoms with Crippen molar-refractivity contribution in [2.75, 3.05) is 37.5 Å². The number of aromatic nitrogens is 3. The van der Waals surface area contributed by atoms with Crippen LogP contribution in [0, 0.1) is 9.52 Å². The minimum Gasteiger partial charge on any atom is -0.497 e. The second-order valence-electron chi connectivity index (χ2n) is 13.5. The van der Waals surface area contributed by atoms with Crippen LogP contribution in [0.3, 0.4) is 0 Å². The van der Waals surface area contributed by atoms with E-state index < -0.39 is 36.5 Å². The van der Waals surface area contributed by atoms with Gasteiger partial charge in [-0.05, 0) is 88.3 Å². The molecule has 0 saturated carbocycles. The van der Waals surface area contributed by atoms with E-state index in [1.54, 1.807) is 47.1 Å². The lowest BCUT2D eigenvalue weighted by molar-refractivity contribution is -0.127. The van der Waals surface area contributed by atoms with Crippen molar-refractivity contribution in [2.45, 2.75) is 56.5 Å². The van der Waals surface area contributed by atoms with Gasteiger partial charge < -0.3 is 19.5 Å². The highest BCUT2D eigenvalue weighted by Crippen LogP contribution is 2.38. The first-order valence-electron chi connectivity index (χ1n) is 16.4. The largest absolute Gasteiger partial charge is 0.497 e. The second kappa shape index (κ2) is 16.2. The van der Waals surface area contributed by atoms with Gasteiger partial charge in [-0.25, -0.2) is 22.5 Å². The van der Waals surface area contributed by atoms with Gasteiger partial charge in [0, 0.05) is 33.8 Å². The van der Waals surface area contributed by atoms with Gasteiger partial charge in [0.15, 0.2) is 11.6 Å². The van der Waals surface area contributed by atoms with Crippen molar-refractivity contribution in [1.82, 2.24) is 14.8 Å². The number of nitrogens with one attached hydrogen (secondary N) is 1. The number of ether oxygens (including phenoxy) is 3. The standard InChI is InChI=1S/C36H40F4IN5O5SSi/c1-45(52(47,48)26-10-8-7-9-11-26)30-13-12-25(49-2)16-24(30)21-42-35-33-31(46(44-34(33)41)22-51-14-15-53(4,5)6)19-29(43-35)27-18-28(37)32(50-3)17-23(27)20-36(38,39)40/h7-13,16-19H,14-15,20-22H2,1-6H3,(H,42,43). The average molecular weight is 886 g/mol. The van der Waals surface area contributed by atoms with E-state index in [1.807, 2.05) is 0 Å². The Balaban J connectivity index is 1.63. The van der Waals surface area contributed by atoms with E-state index in [-0.39, 0.29) is 46.6 Å². The zero-order valence-corrected chi connectivity index (χ0v) is 34.0. The summed E-state index contributed by atoms with van der Waals surface area (Å²) >= 11 is 2.05. The van der Waals surface area contributed by atoms with Gasteiger partial charge in [0.05, 0.1) is 47.8 Å². The van der Waals surface area contributed by atoms with Crippen LogP contribution >= 0.6 is 22.6 Å². The number of sulfonamides is 1. The van der Waals surface area contributed by atoms with Crippen LogP contribution in [0.15, 0.2) is 71.6 Å². The molecule has 0 spiro atoms. The number of hydrogen-bond donors (Lipinski definition) is 1. The SMILES string of the molecule is COc1ccc(N(C)S(=O)(=O)c2ccccc2)c(CNc2nc(-c3cc(F)c(OC)cc3CC(F)(F)F)cc3c2c(I)nn3COCC[Si](C)(C)C)c1. The molecule has 17 heteroatoms. The first-order valence-corrected chi connectivity index (χ1v) is 22.7. The third kappa shape index (κ3) is 9.60. The van der Waals surface area contributed by atoms with Gasteiger partial charge in [0.2, 0.25) is 0 Å². The molecule has 5 rings (SSSR count). The number of rotatable bonds is 15. The molecule has 0 radical (unpaired) electrons. The van der Waals surface area contributed by atoms with E-state index >= 15 is 4.39 Å². The van der Waals surface area contributed by atoms with Crippen LogP contribution in [0.4, 0.5) is 29.1 Å². The Morgan fingerprint density at radius 1 is 0.981 bits per heavy atom. The van der Waals surface area contributed by atoms with Crippen LogP contribution in [-0.4, -0.2) is 65.3 Å². The highest BCUT2D eigenvalue weighted by molar-refractivity contribution is 14.1. The van der Waals surface area contributed by atoms with Crippen LogP contribution < -0.4 is 19.1 Å². The number of pyridine rings is 1. The molecule has 53 heavy (non-hydrogen) atoms. The number of methoxy groups -OCH3 is 2. The third-order valence-electron chi connectivity index (χ3n) is 8.42. The van der Waals surface area contributed by atoms with Crippen LogP contribution in [0.2, 0.25) is 25.7 Å². The number of alkyl halides is 3. The first-order chi connectivity index (χ1) is 24.9. The zero-order chi connectivity index (χ0) is 38.7. The lowest BCUT2D eigenvalue weighted by Gasteiger charge is -2.23. The summed E-state index contributed by atoms with van der Waals surface area (Å²) in [4.78, 5) is 4.85. The third-order valence-corrected chi connectivity index (χ3v) is 12.7.